The summed E-state index contributed by atoms with van der Waals surface area (Å²) in [5, 5.41) is 9.90. The molecule has 1 aliphatic carbocycles. The quantitative estimate of drug-likeness (QED) is 0.344. The van der Waals surface area contributed by atoms with Crippen LogP contribution in [-0.4, -0.2) is 42.8 Å². The van der Waals surface area contributed by atoms with Gasteiger partial charge in [-0.2, -0.15) is 0 Å². The van der Waals surface area contributed by atoms with E-state index in [-0.39, 0.29) is 5.54 Å². The summed E-state index contributed by atoms with van der Waals surface area (Å²) in [4.78, 5) is 4.89. The van der Waals surface area contributed by atoms with Gasteiger partial charge in [0.1, 0.15) is 11.5 Å². The third-order valence-electron chi connectivity index (χ3n) is 8.10. The van der Waals surface area contributed by atoms with E-state index in [4.69, 9.17) is 4.74 Å². The van der Waals surface area contributed by atoms with Crippen molar-refractivity contribution >= 4 is 5.69 Å². The zero-order valence-corrected chi connectivity index (χ0v) is 23.6. The van der Waals surface area contributed by atoms with Crippen molar-refractivity contribution in [2.45, 2.75) is 71.4 Å². The van der Waals surface area contributed by atoms with Crippen LogP contribution >= 0.6 is 0 Å². The molecule has 0 aromatic heterocycles. The van der Waals surface area contributed by atoms with Crippen LogP contribution in [0.15, 0.2) is 60.7 Å². The van der Waals surface area contributed by atoms with E-state index in [9.17, 15) is 5.11 Å². The summed E-state index contributed by atoms with van der Waals surface area (Å²) in [5.74, 6) is 1.72. The fourth-order valence-electron chi connectivity index (χ4n) is 5.31. The lowest BCUT2D eigenvalue weighted by molar-refractivity contribution is 0.178. The number of phenolic OH excluding ortho intramolecular Hbond substituents is 1. The van der Waals surface area contributed by atoms with E-state index in [1.54, 1.807) is 7.11 Å². The van der Waals surface area contributed by atoms with Crippen LogP contribution in [0.25, 0.3) is 0 Å². The molecule has 3 aromatic rings. The largest absolute Gasteiger partial charge is 0.508 e. The number of anilines is 1. The Kier molecular flexibility index (Phi) is 8.49. The minimum absolute atomic E-state index is 0.193. The molecule has 0 saturated carbocycles. The molecule has 1 N–H and O–H groups in total. The summed E-state index contributed by atoms with van der Waals surface area (Å²) < 4.78 is 5.64. The molecular formula is C33H44N2O2. The third-order valence-corrected chi connectivity index (χ3v) is 8.10. The molecule has 0 heterocycles. The van der Waals surface area contributed by atoms with Crippen molar-refractivity contribution in [3.05, 3.63) is 88.5 Å². The molecule has 1 atom stereocenters. The van der Waals surface area contributed by atoms with E-state index in [0.717, 1.165) is 51.1 Å². The molecule has 37 heavy (non-hydrogen) atoms. The predicted molar refractivity (Wildman–Crippen MR) is 155 cm³/mol. The Morgan fingerprint density at radius 2 is 1.68 bits per heavy atom. The number of aryl methyl sites for hydroxylation is 1. The molecule has 0 amide bonds. The van der Waals surface area contributed by atoms with Crippen molar-refractivity contribution in [2.75, 3.05) is 32.1 Å². The van der Waals surface area contributed by atoms with Crippen LogP contribution in [0.1, 0.15) is 67.9 Å². The highest BCUT2D eigenvalue weighted by Gasteiger charge is 2.25. The Labute approximate surface area is 223 Å². The maximum atomic E-state index is 9.90. The minimum Gasteiger partial charge on any atom is -0.508 e. The van der Waals surface area contributed by atoms with Gasteiger partial charge in [-0.15, -0.1) is 0 Å². The monoisotopic (exact) mass is 500 g/mol. The van der Waals surface area contributed by atoms with Crippen LogP contribution in [-0.2, 0) is 25.8 Å². The lowest BCUT2D eigenvalue weighted by Crippen LogP contribution is -2.39. The summed E-state index contributed by atoms with van der Waals surface area (Å²) in [7, 11) is 3.95. The van der Waals surface area contributed by atoms with Crippen molar-refractivity contribution in [3.63, 3.8) is 0 Å². The zero-order chi connectivity index (χ0) is 26.6. The number of hydrogen-bond donors (Lipinski definition) is 1. The number of ether oxygens (including phenoxy) is 1. The number of phenols is 1. The van der Waals surface area contributed by atoms with Gasteiger partial charge >= 0.3 is 0 Å². The normalized spacial score (nSPS) is 15.5. The number of likely N-dealkylation sites (N-methyl/N-ethyl adjacent to an activating group) is 1. The van der Waals surface area contributed by atoms with Crippen molar-refractivity contribution in [2.24, 2.45) is 0 Å². The fourth-order valence-corrected chi connectivity index (χ4v) is 5.31. The Bertz CT molecular complexity index is 1180. The molecule has 0 radical (unpaired) electrons. The molecule has 0 spiro atoms. The maximum absolute atomic E-state index is 9.90. The first-order valence-electron chi connectivity index (χ1n) is 13.7. The highest BCUT2D eigenvalue weighted by Crippen LogP contribution is 2.40. The number of aromatic hydroxyl groups is 1. The highest BCUT2D eigenvalue weighted by atomic mass is 16.5. The van der Waals surface area contributed by atoms with E-state index in [1.807, 2.05) is 12.1 Å². The van der Waals surface area contributed by atoms with Crippen LogP contribution in [0.4, 0.5) is 5.69 Å². The summed E-state index contributed by atoms with van der Waals surface area (Å²) in [5.41, 5.74) is 8.20. The summed E-state index contributed by atoms with van der Waals surface area (Å²) in [6.45, 7) is 11.9. The molecule has 4 nitrogen and oxygen atoms in total. The van der Waals surface area contributed by atoms with Crippen molar-refractivity contribution in [3.8, 4) is 11.5 Å². The van der Waals surface area contributed by atoms with Crippen LogP contribution in [0, 0.1) is 0 Å². The number of fused-ring (bicyclic) bond motifs is 1. The second-order valence-corrected chi connectivity index (χ2v) is 11.5. The molecule has 0 aliphatic heterocycles. The van der Waals surface area contributed by atoms with E-state index in [0.29, 0.717) is 11.7 Å². The second-order valence-electron chi connectivity index (χ2n) is 11.5. The van der Waals surface area contributed by atoms with Crippen molar-refractivity contribution < 1.29 is 9.84 Å². The molecule has 0 bridgehead atoms. The van der Waals surface area contributed by atoms with Gasteiger partial charge in [0.15, 0.2) is 0 Å². The average Bonchev–Trinajstić information content (AvgIpc) is 2.89. The van der Waals surface area contributed by atoms with Crippen LogP contribution < -0.4 is 9.64 Å². The zero-order valence-electron chi connectivity index (χ0n) is 23.6. The van der Waals surface area contributed by atoms with E-state index in [2.05, 4.69) is 93.1 Å². The number of rotatable bonds is 9. The first kappa shape index (κ1) is 27.1. The average molecular weight is 501 g/mol. The molecule has 4 heteroatoms. The molecule has 0 unspecified atom stereocenters. The Balaban J connectivity index is 1.52. The summed E-state index contributed by atoms with van der Waals surface area (Å²) in [6, 6.07) is 21.6. The molecule has 1 aliphatic rings. The third kappa shape index (κ3) is 6.67. The molecule has 3 aromatic carbocycles. The van der Waals surface area contributed by atoms with Gasteiger partial charge in [-0.05, 0) is 112 Å². The number of nitrogens with zero attached hydrogens (tertiary/aromatic N) is 2. The van der Waals surface area contributed by atoms with Gasteiger partial charge in [0, 0.05) is 36.9 Å². The minimum atomic E-state index is 0.193. The van der Waals surface area contributed by atoms with Gasteiger partial charge in [-0.25, -0.2) is 0 Å². The van der Waals surface area contributed by atoms with E-state index < -0.39 is 0 Å². The molecular weight excluding hydrogens is 456 g/mol. The molecule has 4 rings (SSSR count). The fraction of sp³-hybridized carbons (Fsp3) is 0.455. The Morgan fingerprint density at radius 3 is 2.35 bits per heavy atom. The predicted octanol–water partition coefficient (Wildman–Crippen LogP) is 6.97. The Hall–Kier alpha value is -2.98. The van der Waals surface area contributed by atoms with Crippen LogP contribution in [0.2, 0.25) is 0 Å². The Morgan fingerprint density at radius 1 is 0.946 bits per heavy atom. The number of hydrogen-bond acceptors (Lipinski definition) is 4. The summed E-state index contributed by atoms with van der Waals surface area (Å²) >= 11 is 0. The first-order chi connectivity index (χ1) is 17.7. The first-order valence-corrected chi connectivity index (χ1v) is 13.7. The highest BCUT2D eigenvalue weighted by molar-refractivity contribution is 5.60. The van der Waals surface area contributed by atoms with Crippen LogP contribution in [0.5, 0.6) is 11.5 Å². The number of benzene rings is 3. The van der Waals surface area contributed by atoms with Crippen molar-refractivity contribution in [1.82, 2.24) is 4.90 Å². The van der Waals surface area contributed by atoms with Gasteiger partial charge in [0.05, 0.1) is 7.11 Å². The van der Waals surface area contributed by atoms with Gasteiger partial charge < -0.3 is 19.6 Å². The van der Waals surface area contributed by atoms with Crippen molar-refractivity contribution in [1.29, 1.82) is 0 Å². The topological polar surface area (TPSA) is 35.9 Å². The lowest BCUT2D eigenvalue weighted by Gasteiger charge is -2.32. The molecule has 198 valence electrons. The van der Waals surface area contributed by atoms with Gasteiger partial charge in [-0.3, -0.25) is 0 Å². The number of methoxy groups -OCH3 is 1. The summed E-state index contributed by atoms with van der Waals surface area (Å²) in [6.07, 6.45) is 4.15. The van der Waals surface area contributed by atoms with E-state index >= 15 is 0 Å². The van der Waals surface area contributed by atoms with Crippen LogP contribution in [0.3, 0.4) is 0 Å². The standard InChI is InChI=1S/C33H44N2O2/c1-7-35(23-25-10-8-24(9-11-25)18-19-34(5)33(2,3)4)32-22-30(37-6)16-17-31(32)28-13-12-27-21-29(36)15-14-26(27)20-28/h8-11,14-17,21-22,28,36H,7,12-13,18-20,23H2,1-6H3/t28-/m1/s1. The second kappa shape index (κ2) is 11.6. The van der Waals surface area contributed by atoms with Gasteiger partial charge in [0.25, 0.3) is 0 Å². The van der Waals surface area contributed by atoms with Gasteiger partial charge in [0.2, 0.25) is 0 Å². The van der Waals surface area contributed by atoms with Gasteiger partial charge in [-0.1, -0.05) is 36.4 Å². The smallest absolute Gasteiger partial charge is 0.120 e. The molecule has 0 fully saturated rings. The molecule has 0 saturated heterocycles. The maximum Gasteiger partial charge on any atom is 0.120 e. The lowest BCUT2D eigenvalue weighted by atomic mass is 9.79. The van der Waals surface area contributed by atoms with E-state index in [1.165, 1.54) is 33.5 Å². The SMILES string of the molecule is CCN(Cc1ccc(CCN(C)C(C)(C)C)cc1)c1cc(OC)ccc1[C@@H]1CCc2cc(O)ccc2C1.